The fourth-order valence-electron chi connectivity index (χ4n) is 3.66. The van der Waals surface area contributed by atoms with Crippen LogP contribution in [-0.4, -0.2) is 54.9 Å². The number of aryl methyl sites for hydroxylation is 1. The third kappa shape index (κ3) is 4.61. The number of fused-ring (bicyclic) bond motifs is 1. The van der Waals surface area contributed by atoms with Gasteiger partial charge in [-0.3, -0.25) is 9.59 Å². The summed E-state index contributed by atoms with van der Waals surface area (Å²) in [4.78, 5) is 25.4. The predicted molar refractivity (Wildman–Crippen MR) is 128 cm³/mol. The van der Waals surface area contributed by atoms with Crippen molar-refractivity contribution in [3.8, 4) is 0 Å². The van der Waals surface area contributed by atoms with Gasteiger partial charge in [0, 0.05) is 24.4 Å². The molecule has 10 heteroatoms. The number of aromatic nitrogens is 1. The van der Waals surface area contributed by atoms with Crippen LogP contribution < -0.4 is 11.0 Å². The van der Waals surface area contributed by atoms with Gasteiger partial charge in [0.15, 0.2) is 14.6 Å². The molecule has 0 saturated carbocycles. The maximum atomic E-state index is 13.1. The van der Waals surface area contributed by atoms with Crippen molar-refractivity contribution in [1.82, 2.24) is 4.57 Å². The minimum atomic E-state index is -3.76. The highest BCUT2D eigenvalue weighted by molar-refractivity contribution is 7.92. The van der Waals surface area contributed by atoms with Crippen LogP contribution >= 0.6 is 0 Å². The summed E-state index contributed by atoms with van der Waals surface area (Å²) in [6.45, 7) is 11.0. The van der Waals surface area contributed by atoms with Crippen molar-refractivity contribution in [3.05, 3.63) is 40.8 Å². The molecule has 0 amide bonds. The number of hydrogen-bond acceptors (Lipinski definition) is 7. The van der Waals surface area contributed by atoms with Gasteiger partial charge in [-0.15, -0.1) is 0 Å². The van der Waals surface area contributed by atoms with Crippen LogP contribution in [0.25, 0.3) is 10.8 Å². The Labute approximate surface area is 195 Å². The second-order valence-corrected chi connectivity index (χ2v) is 12.2. The number of esters is 1. The van der Waals surface area contributed by atoms with Crippen LogP contribution in [0.4, 0.5) is 0 Å². The van der Waals surface area contributed by atoms with Gasteiger partial charge in [0.1, 0.15) is 0 Å². The number of sulfone groups is 1. The Morgan fingerprint density at radius 3 is 2.30 bits per heavy atom. The number of ether oxygens (including phenoxy) is 1. The minimum Gasteiger partial charge on any atom is -0.465 e. The first-order valence-corrected chi connectivity index (χ1v) is 12.9. The van der Waals surface area contributed by atoms with E-state index in [2.05, 4.69) is 0 Å². The van der Waals surface area contributed by atoms with Crippen LogP contribution in [-0.2, 0) is 35.2 Å². The third-order valence-electron chi connectivity index (χ3n) is 6.88. The molecular formula is C23H32BNO7S. The van der Waals surface area contributed by atoms with Crippen molar-refractivity contribution in [3.63, 3.8) is 0 Å². The molecule has 3 rings (SSSR count). The van der Waals surface area contributed by atoms with Gasteiger partial charge in [-0.25, -0.2) is 8.42 Å². The molecule has 1 aromatic heterocycles. The average molecular weight is 477 g/mol. The van der Waals surface area contributed by atoms with Gasteiger partial charge in [0.2, 0.25) is 0 Å². The highest BCUT2D eigenvalue weighted by Gasteiger charge is 2.51. The summed E-state index contributed by atoms with van der Waals surface area (Å²) >= 11 is 0. The zero-order chi connectivity index (χ0) is 24.8. The fraction of sp³-hybridized carbons (Fsp3) is 0.565. The van der Waals surface area contributed by atoms with E-state index in [-0.39, 0.29) is 25.1 Å². The van der Waals surface area contributed by atoms with Crippen molar-refractivity contribution < 1.29 is 27.3 Å². The van der Waals surface area contributed by atoms with Crippen molar-refractivity contribution in [2.24, 2.45) is 0 Å². The van der Waals surface area contributed by atoms with Crippen LogP contribution in [0.2, 0.25) is 0 Å². The molecule has 0 radical (unpaired) electrons. The first-order chi connectivity index (χ1) is 15.1. The van der Waals surface area contributed by atoms with E-state index in [1.54, 1.807) is 31.3 Å². The molecule has 180 valence electrons. The Kier molecular flexibility index (Phi) is 6.60. The van der Waals surface area contributed by atoms with Gasteiger partial charge in [-0.2, -0.15) is 0 Å². The highest BCUT2D eigenvalue weighted by atomic mass is 32.2. The highest BCUT2D eigenvalue weighted by Crippen LogP contribution is 2.36. The van der Waals surface area contributed by atoms with E-state index in [4.69, 9.17) is 14.0 Å². The van der Waals surface area contributed by atoms with Gasteiger partial charge < -0.3 is 18.6 Å². The van der Waals surface area contributed by atoms with Gasteiger partial charge >= 0.3 is 13.1 Å². The lowest BCUT2D eigenvalue weighted by molar-refractivity contribution is -0.146. The predicted octanol–water partition coefficient (Wildman–Crippen LogP) is 2.06. The maximum Gasteiger partial charge on any atom is 0.494 e. The van der Waals surface area contributed by atoms with Gasteiger partial charge in [-0.05, 0) is 70.9 Å². The van der Waals surface area contributed by atoms with Crippen LogP contribution in [0.1, 0.15) is 48.0 Å². The molecule has 2 heterocycles. The average Bonchev–Trinajstić information content (AvgIpc) is 2.93. The van der Waals surface area contributed by atoms with Crippen LogP contribution in [0.3, 0.4) is 0 Å². The summed E-state index contributed by atoms with van der Waals surface area (Å²) in [5.41, 5.74) is -0.402. The minimum absolute atomic E-state index is 0.0517. The lowest BCUT2D eigenvalue weighted by Gasteiger charge is -2.32. The molecule has 33 heavy (non-hydrogen) atoms. The molecule has 0 spiro atoms. The first-order valence-electron chi connectivity index (χ1n) is 11.0. The maximum absolute atomic E-state index is 13.1. The topological polar surface area (TPSA) is 101 Å². The van der Waals surface area contributed by atoms with Crippen molar-refractivity contribution in [1.29, 1.82) is 0 Å². The SMILES string of the molecule is CCOC(=O)[C@@](C)(CCn1ccc2cc(B3OC(C)(C)C(C)(C)O3)ccc2c1=O)S(C)(=O)=O. The Morgan fingerprint density at radius 2 is 1.76 bits per heavy atom. The smallest absolute Gasteiger partial charge is 0.465 e. The van der Waals surface area contributed by atoms with E-state index < -0.39 is 38.9 Å². The molecule has 1 aliphatic heterocycles. The Morgan fingerprint density at radius 1 is 1.15 bits per heavy atom. The molecule has 1 atom stereocenters. The van der Waals surface area contributed by atoms with E-state index in [1.165, 1.54) is 11.5 Å². The Bertz CT molecular complexity index is 1220. The largest absolute Gasteiger partial charge is 0.494 e. The molecule has 0 N–H and O–H groups in total. The summed E-state index contributed by atoms with van der Waals surface area (Å²) in [6.07, 6.45) is 2.53. The monoisotopic (exact) mass is 477 g/mol. The standard InChI is InChI=1S/C23H32BNO7S/c1-8-30-20(27)23(6,33(7,28)29)12-14-25-13-11-16-15-17(9-10-18(16)19(25)26)24-31-21(2,3)22(4,5)32-24/h9-11,13,15H,8,12,14H2,1-7H3/t23-/m1/s1. The normalized spacial score (nSPS) is 19.4. The Hall–Kier alpha value is -2.17. The molecule has 1 saturated heterocycles. The molecule has 0 bridgehead atoms. The fourth-order valence-corrected chi connectivity index (χ4v) is 4.49. The van der Waals surface area contributed by atoms with E-state index >= 15 is 0 Å². The molecule has 1 fully saturated rings. The van der Waals surface area contributed by atoms with Gasteiger partial charge in [0.05, 0.1) is 17.8 Å². The van der Waals surface area contributed by atoms with Crippen molar-refractivity contribution >= 4 is 39.2 Å². The van der Waals surface area contributed by atoms with Crippen LogP contribution in [0.5, 0.6) is 0 Å². The zero-order valence-corrected chi connectivity index (χ0v) is 21.1. The lowest BCUT2D eigenvalue weighted by atomic mass is 9.78. The molecule has 1 aromatic carbocycles. The third-order valence-corrected chi connectivity index (χ3v) is 8.89. The number of hydrogen-bond donors (Lipinski definition) is 0. The van der Waals surface area contributed by atoms with Crippen LogP contribution in [0.15, 0.2) is 35.3 Å². The summed E-state index contributed by atoms with van der Waals surface area (Å²) in [7, 11) is -4.30. The van der Waals surface area contributed by atoms with Crippen molar-refractivity contribution in [2.75, 3.05) is 12.9 Å². The summed E-state index contributed by atoms with van der Waals surface area (Å²) < 4.78 is 41.5. The van der Waals surface area contributed by atoms with E-state index in [9.17, 15) is 18.0 Å². The van der Waals surface area contributed by atoms with Crippen LogP contribution in [0, 0.1) is 0 Å². The molecule has 8 nitrogen and oxygen atoms in total. The Balaban J connectivity index is 1.88. The number of benzene rings is 1. The summed E-state index contributed by atoms with van der Waals surface area (Å²) in [5.74, 6) is -0.812. The first kappa shape index (κ1) is 25.5. The molecule has 2 aromatic rings. The van der Waals surface area contributed by atoms with Gasteiger partial charge in [-0.1, -0.05) is 12.1 Å². The molecule has 1 aliphatic rings. The van der Waals surface area contributed by atoms with E-state index in [0.29, 0.717) is 5.39 Å². The number of pyridine rings is 1. The van der Waals surface area contributed by atoms with Gasteiger partial charge in [0.25, 0.3) is 5.56 Å². The quantitative estimate of drug-likeness (QED) is 0.445. The number of nitrogens with zero attached hydrogens (tertiary/aromatic N) is 1. The molecular weight excluding hydrogens is 445 g/mol. The lowest BCUT2D eigenvalue weighted by Crippen LogP contribution is -2.45. The molecule has 0 unspecified atom stereocenters. The number of rotatable bonds is 7. The number of carbonyl (C=O) groups excluding carboxylic acids is 1. The van der Waals surface area contributed by atoms with E-state index in [0.717, 1.165) is 17.1 Å². The second-order valence-electron chi connectivity index (χ2n) is 9.72. The summed E-state index contributed by atoms with van der Waals surface area (Å²) in [5, 5.41) is 1.20. The zero-order valence-electron chi connectivity index (χ0n) is 20.3. The second kappa shape index (κ2) is 8.56. The number of carbonyl (C=O) groups is 1. The molecule has 0 aliphatic carbocycles. The van der Waals surface area contributed by atoms with Crippen molar-refractivity contribution in [2.45, 2.75) is 70.5 Å². The summed E-state index contributed by atoms with van der Waals surface area (Å²) in [6, 6.07) is 7.17. The van der Waals surface area contributed by atoms with E-state index in [1.807, 2.05) is 33.8 Å².